The van der Waals surface area contributed by atoms with E-state index in [-0.39, 0.29) is 63.2 Å². The van der Waals surface area contributed by atoms with Crippen LogP contribution in [0.5, 0.6) is 5.75 Å². The monoisotopic (exact) mass is 1080 g/mol. The molecule has 0 radical (unpaired) electrons. The van der Waals surface area contributed by atoms with Crippen molar-refractivity contribution in [3.8, 4) is 5.75 Å². The molecule has 0 aromatic heterocycles. The highest BCUT2D eigenvalue weighted by Gasteiger charge is 2.47. The Morgan fingerprint density at radius 3 is 1.99 bits per heavy atom. The molecule has 24 nitrogen and oxygen atoms in total. The number of aliphatic hydroxyl groups excluding tert-OH is 6. The lowest BCUT2D eigenvalue weighted by atomic mass is 9.91. The fourth-order valence-corrected chi connectivity index (χ4v) is 10.2. The van der Waals surface area contributed by atoms with Gasteiger partial charge in [-0.25, -0.2) is 0 Å². The number of carbonyl (C=O) groups excluding carboxylic acids is 7. The van der Waals surface area contributed by atoms with Crippen molar-refractivity contribution in [2.45, 2.75) is 203 Å². The molecule has 3 aliphatic heterocycles. The highest BCUT2D eigenvalue weighted by Crippen LogP contribution is 2.26. The Hall–Kier alpha value is -5.05. The number of aliphatic hydroxyl groups is 6. The summed E-state index contributed by atoms with van der Waals surface area (Å²) in [5.41, 5.74) is 11.5. The van der Waals surface area contributed by atoms with Crippen LogP contribution in [0, 0.1) is 11.8 Å². The zero-order valence-corrected chi connectivity index (χ0v) is 44.6. The lowest BCUT2D eigenvalue weighted by molar-refractivity contribution is -0.147. The molecule has 15 atom stereocenters. The largest absolute Gasteiger partial charge is 0.508 e. The van der Waals surface area contributed by atoms with Gasteiger partial charge in [0, 0.05) is 45.4 Å². The van der Waals surface area contributed by atoms with Gasteiger partial charge in [-0.15, -0.1) is 0 Å². The average Bonchev–Trinajstić information content (AvgIpc) is 4.04. The molecule has 17 N–H and O–H groups in total. The molecular weight excluding hydrogens is 989 g/mol. The highest BCUT2D eigenvalue weighted by atomic mass is 16.3. The highest BCUT2D eigenvalue weighted by molar-refractivity contribution is 5.98. The molecule has 0 aliphatic carbocycles. The summed E-state index contributed by atoms with van der Waals surface area (Å²) in [4.78, 5) is 102. The van der Waals surface area contributed by atoms with Crippen LogP contribution in [0.3, 0.4) is 0 Å². The number of phenolic OH excluding ortho intramolecular Hbond substituents is 1. The van der Waals surface area contributed by atoms with Gasteiger partial charge in [-0.2, -0.15) is 0 Å². The molecule has 0 saturated carbocycles. The van der Waals surface area contributed by atoms with Crippen molar-refractivity contribution in [1.82, 2.24) is 41.7 Å². The molecule has 7 amide bonds. The third-order valence-corrected chi connectivity index (χ3v) is 14.8. The summed E-state index contributed by atoms with van der Waals surface area (Å²) in [6.45, 7) is 7.23. The van der Waals surface area contributed by atoms with Gasteiger partial charge >= 0.3 is 0 Å². The maximum absolute atomic E-state index is 14.5. The zero-order valence-electron chi connectivity index (χ0n) is 44.6. The van der Waals surface area contributed by atoms with Crippen molar-refractivity contribution in [3.63, 3.8) is 0 Å². The Labute approximate surface area is 445 Å². The zero-order chi connectivity index (χ0) is 56.2. The molecule has 1 aromatic carbocycles. The van der Waals surface area contributed by atoms with Gasteiger partial charge in [0.1, 0.15) is 60.4 Å². The first-order chi connectivity index (χ1) is 36.1. The van der Waals surface area contributed by atoms with E-state index in [0.717, 1.165) is 54.7 Å². The van der Waals surface area contributed by atoms with E-state index in [0.29, 0.717) is 18.3 Å². The van der Waals surface area contributed by atoms with Gasteiger partial charge in [0.2, 0.25) is 41.4 Å². The molecule has 3 heterocycles. The van der Waals surface area contributed by atoms with Crippen molar-refractivity contribution >= 4 is 41.4 Å². The molecule has 2 unspecified atom stereocenters. The number of unbranched alkanes of at least 4 members (excludes halogenated alkanes) is 5. The van der Waals surface area contributed by atoms with Crippen LogP contribution in [0.1, 0.15) is 136 Å². The number of nitrogens with one attached hydrogen (secondary N) is 6. The Morgan fingerprint density at radius 1 is 0.724 bits per heavy atom. The van der Waals surface area contributed by atoms with Gasteiger partial charge in [-0.3, -0.25) is 38.9 Å². The van der Waals surface area contributed by atoms with Gasteiger partial charge in [-0.1, -0.05) is 77.8 Å². The van der Waals surface area contributed by atoms with Crippen molar-refractivity contribution in [3.05, 3.63) is 29.8 Å². The van der Waals surface area contributed by atoms with Crippen molar-refractivity contribution in [2.75, 3.05) is 32.7 Å². The van der Waals surface area contributed by atoms with E-state index >= 15 is 0 Å². The van der Waals surface area contributed by atoms with Crippen LogP contribution in [-0.4, -0.2) is 193 Å². The van der Waals surface area contributed by atoms with Gasteiger partial charge in [0.05, 0.1) is 24.4 Å². The second kappa shape index (κ2) is 31.4. The minimum absolute atomic E-state index is 0.00412. The van der Waals surface area contributed by atoms with Crippen LogP contribution in [-0.2, 0) is 33.6 Å². The predicted molar refractivity (Wildman–Crippen MR) is 279 cm³/mol. The first-order valence-corrected chi connectivity index (χ1v) is 27.2. The second-order valence-corrected chi connectivity index (χ2v) is 21.1. The second-order valence-electron chi connectivity index (χ2n) is 21.1. The molecule has 24 heteroatoms. The number of fused-ring (bicyclic) bond motifs is 2. The molecule has 3 aliphatic rings. The lowest BCUT2D eigenvalue weighted by Gasteiger charge is -2.34. The van der Waals surface area contributed by atoms with Crippen molar-refractivity contribution in [2.24, 2.45) is 23.3 Å². The SMILES string of the molecule is CCC(C)CC(C)CCCCCCCCC(=O)N[C@H]1C[C@@H](O)[C@@H](NCCN)NC(=O)[C@@H]2CCCN2C(=O)[C@H]([C@H](O)CCN)NC(=O)[C@H]([C@H](O)[C@@H](O)c2ccc(O)cc2)NC(=O)[C@@H]2C[C@@H](O)CN2C(=O)[C@H]([C@@H](C)O)NC1=O. The van der Waals surface area contributed by atoms with Gasteiger partial charge < -0.3 is 83.6 Å². The van der Waals surface area contributed by atoms with E-state index in [1.54, 1.807) is 0 Å². The molecule has 1 aromatic rings. The van der Waals surface area contributed by atoms with Crippen LogP contribution >= 0.6 is 0 Å². The number of nitrogens with zero attached hydrogens (tertiary/aromatic N) is 2. The van der Waals surface area contributed by atoms with E-state index in [2.05, 4.69) is 52.7 Å². The number of phenols is 1. The van der Waals surface area contributed by atoms with E-state index in [4.69, 9.17) is 11.5 Å². The Kier molecular flexibility index (Phi) is 26.2. The molecule has 430 valence electrons. The molecule has 76 heavy (non-hydrogen) atoms. The minimum Gasteiger partial charge on any atom is -0.508 e. The van der Waals surface area contributed by atoms with Crippen LogP contribution in [0.15, 0.2) is 24.3 Å². The number of hydrogen-bond donors (Lipinski definition) is 15. The standard InChI is InChI=1S/C52H88N10O14/c1-5-29(2)25-30(3)13-10-8-6-7-9-11-15-40(68)56-35-27-39(67)46(55-23-22-54)60-48(72)36-14-12-24-61(36)52(76)42(38(66)20-21-53)58-50(74)43(45(70)44(69)32-16-18-33(64)19-17-32)59-49(73)37-26-34(65)28-62(37)51(75)41(31(4)63)57-47(35)71/h16-19,29-31,34-39,41-46,55,63-67,69-70H,5-15,20-28,53-54H2,1-4H3,(H,56,68)(H,57,71)(H,58,74)(H,59,73)(H,60,72)/t29?,30?,31-,34-,35+,36+,37+,38-,39-,41+,42+,43+,44+,45+,46+/m1/s1. The van der Waals surface area contributed by atoms with E-state index < -0.39 is 140 Å². The summed E-state index contributed by atoms with van der Waals surface area (Å²) in [7, 11) is 0. The quantitative estimate of drug-likeness (QED) is 0.0513. The summed E-state index contributed by atoms with van der Waals surface area (Å²) in [6.07, 6.45) is -4.09. The Balaban J connectivity index is 1.71. The van der Waals surface area contributed by atoms with Crippen LogP contribution in [0.4, 0.5) is 0 Å². The number of hydrogen-bond acceptors (Lipinski definition) is 17. The van der Waals surface area contributed by atoms with Crippen molar-refractivity contribution in [1.29, 1.82) is 0 Å². The van der Waals surface area contributed by atoms with Crippen LogP contribution in [0.2, 0.25) is 0 Å². The topological polar surface area (TPSA) is 392 Å². The van der Waals surface area contributed by atoms with Crippen LogP contribution in [0.25, 0.3) is 0 Å². The molecule has 3 saturated heterocycles. The van der Waals surface area contributed by atoms with Crippen molar-refractivity contribution < 1.29 is 69.3 Å². The Bertz CT molecular complexity index is 2040. The molecule has 0 spiro atoms. The first-order valence-electron chi connectivity index (χ1n) is 27.2. The average molecular weight is 1080 g/mol. The third kappa shape index (κ3) is 18.6. The smallest absolute Gasteiger partial charge is 0.248 e. The number of benzene rings is 1. The van der Waals surface area contributed by atoms with Gasteiger partial charge in [-0.05, 0) is 75.1 Å². The number of carbonyl (C=O) groups is 7. The predicted octanol–water partition coefficient (Wildman–Crippen LogP) is -2.28. The summed E-state index contributed by atoms with van der Waals surface area (Å²) in [6, 6.07) is -5.54. The summed E-state index contributed by atoms with van der Waals surface area (Å²) in [5, 5.41) is 93.6. The molecular formula is C52H88N10O14. The molecule has 3 fully saturated rings. The summed E-state index contributed by atoms with van der Waals surface area (Å²) in [5.74, 6) is -5.78. The normalized spacial score (nSPS) is 27.9. The summed E-state index contributed by atoms with van der Waals surface area (Å²) < 4.78 is 0. The Morgan fingerprint density at radius 2 is 1.34 bits per heavy atom. The van der Waals surface area contributed by atoms with E-state index in [1.165, 1.54) is 37.6 Å². The minimum atomic E-state index is -2.23. The lowest BCUT2D eigenvalue weighted by Crippen LogP contribution is -2.64. The maximum atomic E-state index is 14.5. The van der Waals surface area contributed by atoms with E-state index in [1.807, 2.05) is 0 Å². The fraction of sp³-hybridized carbons (Fsp3) is 0.750. The van der Waals surface area contributed by atoms with E-state index in [9.17, 15) is 69.3 Å². The van der Waals surface area contributed by atoms with Gasteiger partial charge in [0.25, 0.3) is 0 Å². The third-order valence-electron chi connectivity index (χ3n) is 14.8. The summed E-state index contributed by atoms with van der Waals surface area (Å²) >= 11 is 0. The number of rotatable bonds is 23. The van der Waals surface area contributed by atoms with Crippen LogP contribution < -0.4 is 43.4 Å². The fourth-order valence-electron chi connectivity index (χ4n) is 10.2. The first kappa shape index (κ1) is 63.5. The maximum Gasteiger partial charge on any atom is 0.248 e. The number of amides is 7. The van der Waals surface area contributed by atoms with Gasteiger partial charge in [0.15, 0.2) is 0 Å². The number of aromatic hydroxyl groups is 1. The molecule has 4 rings (SSSR count). The number of nitrogens with two attached hydrogens (primary N) is 2. The molecule has 0 bridgehead atoms.